The molecule has 0 saturated heterocycles. The van der Waals surface area contributed by atoms with E-state index < -0.39 is 58.3 Å². The van der Waals surface area contributed by atoms with E-state index in [9.17, 15) is 27.5 Å². The second kappa shape index (κ2) is 8.01. The fourth-order valence-corrected chi connectivity index (χ4v) is 3.19. The summed E-state index contributed by atoms with van der Waals surface area (Å²) in [4.78, 5) is 12.4. The van der Waals surface area contributed by atoms with Gasteiger partial charge in [-0.1, -0.05) is 22.8 Å². The topological polar surface area (TPSA) is 90.4 Å². The van der Waals surface area contributed by atoms with Crippen molar-refractivity contribution in [1.29, 1.82) is 0 Å². The molecule has 1 N–H and O–H groups in total. The Morgan fingerprint density at radius 1 is 1.39 bits per heavy atom. The van der Waals surface area contributed by atoms with Crippen LogP contribution in [0.1, 0.15) is 23.0 Å². The van der Waals surface area contributed by atoms with Gasteiger partial charge in [-0.05, 0) is 19.1 Å². The lowest BCUT2D eigenvalue weighted by atomic mass is 9.84. The predicted octanol–water partition coefficient (Wildman–Crippen LogP) is 3.68. The molecule has 1 atom stereocenters. The number of esters is 1. The van der Waals surface area contributed by atoms with Crippen molar-refractivity contribution >= 4 is 25.4 Å². The van der Waals surface area contributed by atoms with Gasteiger partial charge in [0.15, 0.2) is 11.5 Å². The van der Waals surface area contributed by atoms with Crippen molar-refractivity contribution in [2.24, 2.45) is 0 Å². The first-order valence-electron chi connectivity index (χ1n) is 8.52. The van der Waals surface area contributed by atoms with Crippen LogP contribution in [0.25, 0.3) is 22.6 Å². The zero-order valence-electron chi connectivity index (χ0n) is 16.0. The van der Waals surface area contributed by atoms with Gasteiger partial charge in [0.1, 0.15) is 24.9 Å². The maximum absolute atomic E-state index is 14.4. The summed E-state index contributed by atoms with van der Waals surface area (Å²) in [5.74, 6) is -2.70. The van der Waals surface area contributed by atoms with Crippen LogP contribution in [0, 0.1) is 5.82 Å². The van der Waals surface area contributed by atoms with E-state index >= 15 is 0 Å². The molecule has 0 amide bonds. The molecule has 31 heavy (non-hydrogen) atoms. The predicted molar refractivity (Wildman–Crippen MR) is 101 cm³/mol. The van der Waals surface area contributed by atoms with Crippen LogP contribution in [-0.4, -0.2) is 46.5 Å². The molecule has 1 aromatic carbocycles. The Kier molecular flexibility index (Phi) is 5.89. The quantitative estimate of drug-likeness (QED) is 0.357. The maximum atomic E-state index is 14.4. The van der Waals surface area contributed by atoms with E-state index in [1.807, 2.05) is 0 Å². The minimum atomic E-state index is -4.99. The Hall–Kier alpha value is -2.86. The van der Waals surface area contributed by atoms with Crippen molar-refractivity contribution in [2.45, 2.75) is 25.1 Å². The molecule has 0 fully saturated rings. The van der Waals surface area contributed by atoms with E-state index in [1.165, 1.54) is 12.1 Å². The van der Waals surface area contributed by atoms with Crippen LogP contribution in [-0.2, 0) is 17.5 Å². The molecule has 1 unspecified atom stereocenters. The molecule has 0 aliphatic carbocycles. The summed E-state index contributed by atoms with van der Waals surface area (Å²) in [6, 6.07) is 3.63. The number of benzene rings is 1. The highest BCUT2D eigenvalue weighted by Crippen LogP contribution is 2.42. The van der Waals surface area contributed by atoms with Crippen LogP contribution in [0.5, 0.6) is 0 Å². The van der Waals surface area contributed by atoms with Crippen molar-refractivity contribution < 1.29 is 36.7 Å². The first-order valence-corrected chi connectivity index (χ1v) is 8.90. The van der Waals surface area contributed by atoms with E-state index in [0.29, 0.717) is 4.68 Å². The van der Waals surface area contributed by atoms with Crippen LogP contribution >= 0.6 is 11.6 Å². The molecule has 0 saturated carbocycles. The van der Waals surface area contributed by atoms with Crippen molar-refractivity contribution in [2.75, 3.05) is 7.11 Å². The number of carbonyl (C=O) groups excluding carboxylic acids is 1. The van der Waals surface area contributed by atoms with Gasteiger partial charge < -0.3 is 14.4 Å². The van der Waals surface area contributed by atoms with Gasteiger partial charge >= 0.3 is 12.1 Å². The van der Waals surface area contributed by atoms with Crippen molar-refractivity contribution in [3.8, 4) is 22.6 Å². The molecule has 7 nitrogen and oxygen atoms in total. The molecular weight excluding hydrogens is 444 g/mol. The zero-order chi connectivity index (χ0) is 23.1. The Labute approximate surface area is 178 Å². The molecule has 0 bridgehead atoms. The zero-order valence-corrected chi connectivity index (χ0v) is 16.8. The summed E-state index contributed by atoms with van der Waals surface area (Å²) >= 11 is 6.01. The van der Waals surface area contributed by atoms with E-state index in [-0.39, 0.29) is 10.6 Å². The highest BCUT2D eigenvalue weighted by molar-refractivity contribution is 6.33. The lowest BCUT2D eigenvalue weighted by molar-refractivity contribution is -0.144. The van der Waals surface area contributed by atoms with Crippen LogP contribution in [0.3, 0.4) is 0 Å². The molecule has 3 aromatic rings. The summed E-state index contributed by atoms with van der Waals surface area (Å²) < 4.78 is 66.0. The van der Waals surface area contributed by atoms with E-state index in [2.05, 4.69) is 15.0 Å². The number of hydrogen-bond acceptors (Lipinski definition) is 6. The number of nitrogens with zero attached hydrogens (tertiary/aromatic N) is 3. The van der Waals surface area contributed by atoms with Crippen LogP contribution in [0.2, 0.25) is 5.02 Å². The fraction of sp³-hybridized carbons (Fsp3) is 0.278. The average Bonchev–Trinajstić information content (AvgIpc) is 3.23. The second-order valence-corrected chi connectivity index (χ2v) is 7.15. The van der Waals surface area contributed by atoms with Gasteiger partial charge in [0.2, 0.25) is 0 Å². The Morgan fingerprint density at radius 3 is 2.61 bits per heavy atom. The largest absolute Gasteiger partial charge is 0.465 e. The number of methoxy groups -OCH3 is 1. The molecule has 13 heteroatoms. The number of hydrogen-bond donors (Lipinski definition) is 1. The Bertz CT molecular complexity index is 1120. The number of ether oxygens (including phenoxy) is 1. The summed E-state index contributed by atoms with van der Waals surface area (Å²) in [5.41, 5.74) is -5.47. The van der Waals surface area contributed by atoms with Gasteiger partial charge in [0.05, 0.1) is 36.0 Å². The van der Waals surface area contributed by atoms with Crippen molar-refractivity contribution in [3.63, 3.8) is 0 Å². The van der Waals surface area contributed by atoms with Gasteiger partial charge in [-0.15, -0.1) is 0 Å². The van der Waals surface area contributed by atoms with Crippen LogP contribution in [0.4, 0.5) is 17.6 Å². The highest BCUT2D eigenvalue weighted by Gasteiger charge is 2.42. The molecular formula is C18H13BClF4N3O4. The fourth-order valence-electron chi connectivity index (χ4n) is 2.93. The first-order chi connectivity index (χ1) is 14.3. The van der Waals surface area contributed by atoms with Crippen LogP contribution < -0.4 is 0 Å². The minimum Gasteiger partial charge on any atom is -0.465 e. The van der Waals surface area contributed by atoms with E-state index in [0.717, 1.165) is 26.3 Å². The minimum absolute atomic E-state index is 0.157. The molecule has 162 valence electrons. The lowest BCUT2D eigenvalue weighted by Gasteiger charge is -2.20. The van der Waals surface area contributed by atoms with Gasteiger partial charge in [-0.3, -0.25) is 4.68 Å². The molecule has 3 rings (SSSR count). The molecule has 0 aliphatic rings. The summed E-state index contributed by atoms with van der Waals surface area (Å²) in [6.45, 7) is 0.358. The third-order valence-electron chi connectivity index (χ3n) is 4.10. The van der Waals surface area contributed by atoms with E-state index in [4.69, 9.17) is 24.0 Å². The second-order valence-electron chi connectivity index (χ2n) is 6.74. The number of aliphatic hydroxyl groups is 1. The lowest BCUT2D eigenvalue weighted by Crippen LogP contribution is -2.33. The van der Waals surface area contributed by atoms with Gasteiger partial charge in [-0.25, -0.2) is 9.18 Å². The first kappa shape index (κ1) is 22.8. The normalized spacial score (nSPS) is 13.8. The van der Waals surface area contributed by atoms with Crippen molar-refractivity contribution in [1.82, 2.24) is 14.9 Å². The molecule has 2 radical (unpaired) electrons. The van der Waals surface area contributed by atoms with E-state index in [1.54, 1.807) is 0 Å². The Morgan fingerprint density at radius 2 is 2.06 bits per heavy atom. The summed E-state index contributed by atoms with van der Waals surface area (Å²) in [5, 5.41) is 16.7. The smallest absolute Gasteiger partial charge is 0.433 e. The number of halogens is 5. The molecule has 0 aliphatic heterocycles. The van der Waals surface area contributed by atoms with Gasteiger partial charge in [0.25, 0.3) is 0 Å². The molecule has 2 aromatic heterocycles. The maximum Gasteiger partial charge on any atom is 0.433 e. The average molecular weight is 458 g/mol. The summed E-state index contributed by atoms with van der Waals surface area (Å²) in [7, 11) is 6.38. The third kappa shape index (κ3) is 4.44. The van der Waals surface area contributed by atoms with Gasteiger partial charge in [-0.2, -0.15) is 18.3 Å². The number of aromatic nitrogens is 3. The highest BCUT2D eigenvalue weighted by atomic mass is 35.5. The van der Waals surface area contributed by atoms with Crippen LogP contribution in [0.15, 0.2) is 28.9 Å². The molecule has 2 heterocycles. The standard InChI is InChI=1S/C18H13BClF4N3O4/c1-17(19,29)7-27-15(18(22,23)24)8(6-25-27)14-12(16(28)30-2)13(26-31-14)11-9(20)4-3-5-10(11)21/h3-6,29H,7H2,1-2H3. The van der Waals surface area contributed by atoms with Gasteiger partial charge in [0, 0.05) is 5.50 Å². The SMILES string of the molecule is [B]C(C)(O)Cn1ncc(-c2onc(-c3c(F)cccc3Cl)c2C(=O)OC)c1C(F)(F)F. The Balaban J connectivity index is 2.30. The molecule has 0 spiro atoms. The monoisotopic (exact) mass is 457 g/mol. The number of alkyl halides is 3. The third-order valence-corrected chi connectivity index (χ3v) is 4.42. The summed E-state index contributed by atoms with van der Waals surface area (Å²) in [6.07, 6.45) is -4.23. The number of carbonyl (C=O) groups is 1. The van der Waals surface area contributed by atoms with Crippen molar-refractivity contribution in [3.05, 3.63) is 46.5 Å². The number of rotatable bonds is 5.